The number of aryl methyl sites for hydroxylation is 1. The van der Waals surface area contributed by atoms with Gasteiger partial charge in [-0.1, -0.05) is 31.6 Å². The zero-order chi connectivity index (χ0) is 15.0. The van der Waals surface area contributed by atoms with E-state index in [1.165, 1.54) is 0 Å². The van der Waals surface area contributed by atoms with Crippen molar-refractivity contribution in [3.05, 3.63) is 34.9 Å². The summed E-state index contributed by atoms with van der Waals surface area (Å²) in [6.07, 6.45) is 3.28. The molecule has 0 bridgehead atoms. The number of benzene rings is 1. The molecule has 0 spiro atoms. The standard InChI is InChI=1S/C17H24N2O/c1-4-5-7-14(3)19-17(20)16-11-13(2)10-15(12-16)8-6-9-18/h10-12,14H,4-5,7,9,18H2,1-3H3,(H,19,20). The average molecular weight is 272 g/mol. The molecule has 108 valence electrons. The van der Waals surface area contributed by atoms with E-state index < -0.39 is 0 Å². The van der Waals surface area contributed by atoms with Gasteiger partial charge in [-0.25, -0.2) is 0 Å². The van der Waals surface area contributed by atoms with Crippen molar-refractivity contribution in [3.8, 4) is 11.8 Å². The topological polar surface area (TPSA) is 55.1 Å². The first-order valence-electron chi connectivity index (χ1n) is 7.18. The van der Waals surface area contributed by atoms with Crippen molar-refractivity contribution in [1.29, 1.82) is 0 Å². The Hall–Kier alpha value is -1.79. The summed E-state index contributed by atoms with van der Waals surface area (Å²) in [5.74, 6) is 5.75. The zero-order valence-corrected chi connectivity index (χ0v) is 12.6. The summed E-state index contributed by atoms with van der Waals surface area (Å²) < 4.78 is 0. The second-order valence-corrected chi connectivity index (χ2v) is 5.11. The molecule has 1 unspecified atom stereocenters. The molecule has 3 heteroatoms. The van der Waals surface area contributed by atoms with E-state index in [0.717, 1.165) is 30.4 Å². The fourth-order valence-corrected chi connectivity index (χ4v) is 2.03. The Balaban J connectivity index is 2.79. The molecule has 0 fully saturated rings. The Labute approximate surface area is 121 Å². The Kier molecular flexibility index (Phi) is 6.83. The van der Waals surface area contributed by atoms with Crippen LogP contribution < -0.4 is 11.1 Å². The molecule has 1 rings (SSSR count). The summed E-state index contributed by atoms with van der Waals surface area (Å²) >= 11 is 0. The van der Waals surface area contributed by atoms with Crippen molar-refractivity contribution in [2.75, 3.05) is 6.54 Å². The molecule has 1 atom stereocenters. The number of nitrogens with two attached hydrogens (primary N) is 1. The number of hydrogen-bond acceptors (Lipinski definition) is 2. The summed E-state index contributed by atoms with van der Waals surface area (Å²) in [6, 6.07) is 5.86. The maximum atomic E-state index is 12.2. The molecule has 0 saturated carbocycles. The smallest absolute Gasteiger partial charge is 0.251 e. The van der Waals surface area contributed by atoms with Crippen LogP contribution in [0.5, 0.6) is 0 Å². The lowest BCUT2D eigenvalue weighted by Gasteiger charge is -2.13. The minimum Gasteiger partial charge on any atom is -0.350 e. The van der Waals surface area contributed by atoms with Gasteiger partial charge in [0.25, 0.3) is 5.91 Å². The lowest BCUT2D eigenvalue weighted by Crippen LogP contribution is -2.32. The molecule has 0 radical (unpaired) electrons. The predicted octanol–water partition coefficient (Wildman–Crippen LogP) is 2.61. The van der Waals surface area contributed by atoms with E-state index in [9.17, 15) is 4.79 Å². The van der Waals surface area contributed by atoms with Gasteiger partial charge < -0.3 is 11.1 Å². The molecule has 0 aromatic heterocycles. The first-order chi connectivity index (χ1) is 9.56. The SMILES string of the molecule is CCCCC(C)NC(=O)c1cc(C)cc(C#CCN)c1. The summed E-state index contributed by atoms with van der Waals surface area (Å²) in [4.78, 5) is 12.2. The molecular formula is C17H24N2O. The first kappa shape index (κ1) is 16.3. The third kappa shape index (κ3) is 5.46. The van der Waals surface area contributed by atoms with Crippen LogP contribution in [0.3, 0.4) is 0 Å². The lowest BCUT2D eigenvalue weighted by atomic mass is 10.1. The van der Waals surface area contributed by atoms with E-state index in [4.69, 9.17) is 5.73 Å². The van der Waals surface area contributed by atoms with Crippen LogP contribution in [0.4, 0.5) is 0 Å². The highest BCUT2D eigenvalue weighted by Gasteiger charge is 2.10. The third-order valence-electron chi connectivity index (χ3n) is 3.04. The number of nitrogens with one attached hydrogen (secondary N) is 1. The van der Waals surface area contributed by atoms with Gasteiger partial charge in [-0.2, -0.15) is 0 Å². The van der Waals surface area contributed by atoms with E-state index in [1.807, 2.05) is 32.0 Å². The van der Waals surface area contributed by atoms with Crippen molar-refractivity contribution >= 4 is 5.91 Å². The molecule has 0 aliphatic rings. The van der Waals surface area contributed by atoms with Gasteiger partial charge in [-0.3, -0.25) is 4.79 Å². The Morgan fingerprint density at radius 1 is 1.40 bits per heavy atom. The second kappa shape index (κ2) is 8.39. The first-order valence-corrected chi connectivity index (χ1v) is 7.18. The van der Waals surface area contributed by atoms with Crippen LogP contribution in [0.15, 0.2) is 18.2 Å². The molecule has 0 heterocycles. The van der Waals surface area contributed by atoms with Crippen LogP contribution in [0, 0.1) is 18.8 Å². The molecule has 1 aromatic carbocycles. The van der Waals surface area contributed by atoms with E-state index in [2.05, 4.69) is 24.1 Å². The van der Waals surface area contributed by atoms with E-state index in [-0.39, 0.29) is 11.9 Å². The summed E-state index contributed by atoms with van der Waals surface area (Å²) in [7, 11) is 0. The van der Waals surface area contributed by atoms with Crippen LogP contribution >= 0.6 is 0 Å². The quantitative estimate of drug-likeness (QED) is 0.810. The third-order valence-corrected chi connectivity index (χ3v) is 3.04. The summed E-state index contributed by atoms with van der Waals surface area (Å²) in [5.41, 5.74) is 7.90. The van der Waals surface area contributed by atoms with Gasteiger partial charge in [0, 0.05) is 17.2 Å². The van der Waals surface area contributed by atoms with E-state index >= 15 is 0 Å². The predicted molar refractivity (Wildman–Crippen MR) is 83.6 cm³/mol. The fraction of sp³-hybridized carbons (Fsp3) is 0.471. The number of carbonyl (C=O) groups is 1. The van der Waals surface area contributed by atoms with Crippen molar-refractivity contribution in [3.63, 3.8) is 0 Å². The largest absolute Gasteiger partial charge is 0.350 e. The van der Waals surface area contributed by atoms with Gasteiger partial charge >= 0.3 is 0 Å². The molecule has 0 saturated heterocycles. The Morgan fingerprint density at radius 3 is 2.80 bits per heavy atom. The Morgan fingerprint density at radius 2 is 2.15 bits per heavy atom. The highest BCUT2D eigenvalue weighted by molar-refractivity contribution is 5.95. The van der Waals surface area contributed by atoms with Crippen molar-refractivity contribution in [1.82, 2.24) is 5.32 Å². The number of unbranched alkanes of at least 4 members (excludes halogenated alkanes) is 1. The fourth-order valence-electron chi connectivity index (χ4n) is 2.03. The van der Waals surface area contributed by atoms with Gasteiger partial charge in [0.15, 0.2) is 0 Å². The van der Waals surface area contributed by atoms with Gasteiger partial charge in [0.05, 0.1) is 6.54 Å². The number of amides is 1. The van der Waals surface area contributed by atoms with E-state index in [0.29, 0.717) is 12.1 Å². The molecule has 0 aliphatic carbocycles. The second-order valence-electron chi connectivity index (χ2n) is 5.11. The highest BCUT2D eigenvalue weighted by atomic mass is 16.1. The van der Waals surface area contributed by atoms with Crippen LogP contribution in [0.1, 0.15) is 54.6 Å². The monoisotopic (exact) mass is 272 g/mol. The maximum Gasteiger partial charge on any atom is 0.251 e. The van der Waals surface area contributed by atoms with E-state index in [1.54, 1.807) is 0 Å². The van der Waals surface area contributed by atoms with Crippen LogP contribution in [-0.2, 0) is 0 Å². The van der Waals surface area contributed by atoms with Gasteiger partial charge in [0.2, 0.25) is 0 Å². The number of hydrogen-bond donors (Lipinski definition) is 2. The van der Waals surface area contributed by atoms with Gasteiger partial charge in [-0.05, 0) is 44.0 Å². The van der Waals surface area contributed by atoms with Crippen LogP contribution in [0.25, 0.3) is 0 Å². The molecule has 1 amide bonds. The number of carbonyl (C=O) groups excluding carboxylic acids is 1. The molecule has 3 N–H and O–H groups in total. The van der Waals surface area contributed by atoms with Crippen molar-refractivity contribution in [2.45, 2.75) is 46.1 Å². The van der Waals surface area contributed by atoms with Gasteiger partial charge in [0.1, 0.15) is 0 Å². The maximum absolute atomic E-state index is 12.2. The molecular weight excluding hydrogens is 248 g/mol. The van der Waals surface area contributed by atoms with Crippen LogP contribution in [0.2, 0.25) is 0 Å². The minimum atomic E-state index is -0.0342. The molecule has 3 nitrogen and oxygen atoms in total. The zero-order valence-electron chi connectivity index (χ0n) is 12.6. The molecule has 0 aliphatic heterocycles. The van der Waals surface area contributed by atoms with Crippen molar-refractivity contribution in [2.24, 2.45) is 5.73 Å². The van der Waals surface area contributed by atoms with Crippen LogP contribution in [-0.4, -0.2) is 18.5 Å². The minimum absolute atomic E-state index is 0.0342. The normalized spacial score (nSPS) is 11.4. The summed E-state index contributed by atoms with van der Waals surface area (Å²) in [6.45, 7) is 6.48. The highest BCUT2D eigenvalue weighted by Crippen LogP contribution is 2.10. The van der Waals surface area contributed by atoms with Crippen molar-refractivity contribution < 1.29 is 4.79 Å². The molecule has 20 heavy (non-hydrogen) atoms. The summed E-state index contributed by atoms with van der Waals surface area (Å²) in [5, 5.41) is 3.03. The average Bonchev–Trinajstić information content (AvgIpc) is 2.42. The number of rotatable bonds is 5. The van der Waals surface area contributed by atoms with Gasteiger partial charge in [-0.15, -0.1) is 0 Å². The lowest BCUT2D eigenvalue weighted by molar-refractivity contribution is 0.0938. The molecule has 1 aromatic rings. The Bertz CT molecular complexity index is 511.